The molecule has 0 fully saturated rings. The molecular formula is C26H26Cl2FN3O5S. The summed E-state index contributed by atoms with van der Waals surface area (Å²) in [6.45, 7) is 0.807. The topological polar surface area (TPSA) is 96.0 Å². The van der Waals surface area contributed by atoms with Gasteiger partial charge in [0, 0.05) is 13.6 Å². The second kappa shape index (κ2) is 12.5. The number of likely N-dealkylation sites (N-methyl/N-ethyl adjacent to an activating group) is 1. The molecule has 0 aliphatic heterocycles. The maximum atomic E-state index is 13.7. The predicted molar refractivity (Wildman–Crippen MR) is 144 cm³/mol. The van der Waals surface area contributed by atoms with Crippen LogP contribution in [0.1, 0.15) is 12.5 Å². The number of hydrogen-bond donors (Lipinski definition) is 1. The van der Waals surface area contributed by atoms with E-state index in [4.69, 9.17) is 27.9 Å². The number of nitrogens with zero attached hydrogens (tertiary/aromatic N) is 2. The lowest BCUT2D eigenvalue weighted by Crippen LogP contribution is -2.50. The number of rotatable bonds is 10. The molecule has 0 spiro atoms. The van der Waals surface area contributed by atoms with Crippen LogP contribution < -0.4 is 14.4 Å². The van der Waals surface area contributed by atoms with Crippen LogP contribution in [0.5, 0.6) is 5.75 Å². The van der Waals surface area contributed by atoms with E-state index < -0.39 is 40.2 Å². The van der Waals surface area contributed by atoms with Crippen molar-refractivity contribution in [1.29, 1.82) is 0 Å². The van der Waals surface area contributed by atoms with Crippen LogP contribution in [-0.4, -0.2) is 51.9 Å². The van der Waals surface area contributed by atoms with Gasteiger partial charge in [0.25, 0.3) is 10.0 Å². The number of hydrogen-bond acceptors (Lipinski definition) is 5. The zero-order chi connectivity index (χ0) is 28.0. The first kappa shape index (κ1) is 29.2. The lowest BCUT2D eigenvalue weighted by atomic mass is 10.1. The average molecular weight is 582 g/mol. The van der Waals surface area contributed by atoms with Crippen molar-refractivity contribution in [2.24, 2.45) is 0 Å². The lowest BCUT2D eigenvalue weighted by Gasteiger charge is -2.31. The van der Waals surface area contributed by atoms with Gasteiger partial charge in [0.2, 0.25) is 11.8 Å². The molecular weight excluding hydrogens is 556 g/mol. The van der Waals surface area contributed by atoms with Crippen LogP contribution in [0.25, 0.3) is 0 Å². The first-order valence-corrected chi connectivity index (χ1v) is 13.5. The molecule has 0 bridgehead atoms. The van der Waals surface area contributed by atoms with Crippen LogP contribution in [0.3, 0.4) is 0 Å². The number of carbonyl (C=O) groups is 2. The first-order chi connectivity index (χ1) is 18.0. The van der Waals surface area contributed by atoms with Gasteiger partial charge in [-0.2, -0.15) is 0 Å². The lowest BCUT2D eigenvalue weighted by molar-refractivity contribution is -0.139. The SMILES string of the molecule is CNC(=O)[C@@H](C)N(Cc1ccc(Cl)c(Cl)c1)C(=O)CN(c1ccc(F)cc1)S(=O)(=O)c1ccc(OC)cc1. The second-order valence-corrected chi connectivity index (χ2v) is 10.9. The number of carbonyl (C=O) groups excluding carboxylic acids is 2. The highest BCUT2D eigenvalue weighted by Crippen LogP contribution is 2.27. The highest BCUT2D eigenvalue weighted by Gasteiger charge is 2.32. The number of nitrogens with one attached hydrogen (secondary N) is 1. The summed E-state index contributed by atoms with van der Waals surface area (Å²) in [5.74, 6) is -1.25. The number of methoxy groups -OCH3 is 1. The van der Waals surface area contributed by atoms with E-state index in [0.29, 0.717) is 16.3 Å². The molecule has 0 saturated heterocycles. The van der Waals surface area contributed by atoms with E-state index in [1.165, 1.54) is 62.4 Å². The Labute approximate surface area is 231 Å². The van der Waals surface area contributed by atoms with Gasteiger partial charge in [-0.25, -0.2) is 12.8 Å². The average Bonchev–Trinajstić information content (AvgIpc) is 2.91. The summed E-state index contributed by atoms with van der Waals surface area (Å²) in [6, 6.07) is 14.2. The van der Waals surface area contributed by atoms with Gasteiger partial charge in [-0.3, -0.25) is 13.9 Å². The van der Waals surface area contributed by atoms with Crippen molar-refractivity contribution in [1.82, 2.24) is 10.2 Å². The Kier molecular flexibility index (Phi) is 9.59. The van der Waals surface area contributed by atoms with Crippen molar-refractivity contribution in [3.63, 3.8) is 0 Å². The Bertz CT molecular complexity index is 1400. The Morgan fingerprint density at radius 3 is 2.18 bits per heavy atom. The quantitative estimate of drug-likeness (QED) is 0.380. The second-order valence-electron chi connectivity index (χ2n) is 8.22. The van der Waals surface area contributed by atoms with Crippen molar-refractivity contribution < 1.29 is 27.1 Å². The molecule has 0 aromatic heterocycles. The van der Waals surface area contributed by atoms with Crippen molar-refractivity contribution in [2.75, 3.05) is 25.0 Å². The van der Waals surface area contributed by atoms with E-state index in [-0.39, 0.29) is 22.2 Å². The fourth-order valence-corrected chi connectivity index (χ4v) is 5.37. The van der Waals surface area contributed by atoms with Gasteiger partial charge in [-0.15, -0.1) is 0 Å². The molecule has 38 heavy (non-hydrogen) atoms. The zero-order valence-electron chi connectivity index (χ0n) is 20.8. The fraction of sp³-hybridized carbons (Fsp3) is 0.231. The molecule has 1 atom stereocenters. The molecule has 0 heterocycles. The van der Waals surface area contributed by atoms with Crippen molar-refractivity contribution in [2.45, 2.75) is 24.4 Å². The standard InChI is InChI=1S/C26H26Cl2FN3O5S/c1-17(26(34)30-2)31(15-18-4-13-23(27)24(28)14-18)25(33)16-32(20-7-5-19(29)6-8-20)38(35,36)22-11-9-21(37-3)10-12-22/h4-14,17H,15-16H2,1-3H3,(H,30,34)/t17-/m1/s1. The van der Waals surface area contributed by atoms with Crippen LogP contribution in [0.15, 0.2) is 71.6 Å². The maximum absolute atomic E-state index is 13.7. The largest absolute Gasteiger partial charge is 0.497 e. The zero-order valence-corrected chi connectivity index (χ0v) is 23.1. The third-order valence-corrected chi connectivity index (χ3v) is 8.32. The molecule has 0 unspecified atom stereocenters. The highest BCUT2D eigenvalue weighted by molar-refractivity contribution is 7.92. The maximum Gasteiger partial charge on any atom is 0.264 e. The molecule has 202 valence electrons. The van der Waals surface area contributed by atoms with Crippen LogP contribution in [0.4, 0.5) is 10.1 Å². The van der Waals surface area contributed by atoms with E-state index in [1.54, 1.807) is 18.2 Å². The number of anilines is 1. The van der Waals surface area contributed by atoms with Gasteiger partial charge >= 0.3 is 0 Å². The number of benzene rings is 3. The molecule has 0 aliphatic carbocycles. The van der Waals surface area contributed by atoms with Crippen LogP contribution >= 0.6 is 23.2 Å². The Morgan fingerprint density at radius 2 is 1.63 bits per heavy atom. The number of sulfonamides is 1. The molecule has 0 saturated carbocycles. The summed E-state index contributed by atoms with van der Waals surface area (Å²) in [4.78, 5) is 27.3. The van der Waals surface area contributed by atoms with Crippen molar-refractivity contribution in [3.8, 4) is 5.75 Å². The molecule has 0 radical (unpaired) electrons. The summed E-state index contributed by atoms with van der Waals surface area (Å²) in [5, 5.41) is 3.08. The van der Waals surface area contributed by atoms with E-state index in [2.05, 4.69) is 5.32 Å². The Hall–Kier alpha value is -3.34. The monoisotopic (exact) mass is 581 g/mol. The van der Waals surface area contributed by atoms with E-state index >= 15 is 0 Å². The van der Waals surface area contributed by atoms with Gasteiger partial charge in [-0.1, -0.05) is 29.3 Å². The number of amides is 2. The molecule has 3 rings (SSSR count). The summed E-state index contributed by atoms with van der Waals surface area (Å²) >= 11 is 12.1. The number of halogens is 3. The molecule has 0 aliphatic rings. The van der Waals surface area contributed by atoms with E-state index in [1.807, 2.05) is 0 Å². The minimum atomic E-state index is -4.29. The number of ether oxygens (including phenoxy) is 1. The molecule has 2 amide bonds. The van der Waals surface area contributed by atoms with Gasteiger partial charge in [-0.05, 0) is 73.2 Å². The van der Waals surface area contributed by atoms with Crippen molar-refractivity contribution >= 4 is 50.7 Å². The first-order valence-electron chi connectivity index (χ1n) is 11.3. The van der Waals surface area contributed by atoms with E-state index in [9.17, 15) is 22.4 Å². The molecule has 1 N–H and O–H groups in total. The van der Waals surface area contributed by atoms with Gasteiger partial charge in [0.1, 0.15) is 24.2 Å². The van der Waals surface area contributed by atoms with Gasteiger partial charge in [0.05, 0.1) is 27.7 Å². The summed E-state index contributed by atoms with van der Waals surface area (Å²) in [7, 11) is -1.41. The smallest absolute Gasteiger partial charge is 0.264 e. The summed E-state index contributed by atoms with van der Waals surface area (Å²) in [6.07, 6.45) is 0. The van der Waals surface area contributed by atoms with Crippen LogP contribution in [0.2, 0.25) is 10.0 Å². The predicted octanol–water partition coefficient (Wildman–Crippen LogP) is 4.50. The van der Waals surface area contributed by atoms with Gasteiger partial charge in [0.15, 0.2) is 0 Å². The molecule has 12 heteroatoms. The van der Waals surface area contributed by atoms with Crippen LogP contribution in [-0.2, 0) is 26.2 Å². The summed E-state index contributed by atoms with van der Waals surface area (Å²) in [5.41, 5.74) is 0.646. The minimum absolute atomic E-state index is 0.0514. The van der Waals surface area contributed by atoms with Gasteiger partial charge < -0.3 is 15.0 Å². The summed E-state index contributed by atoms with van der Waals surface area (Å²) < 4.78 is 47.0. The van der Waals surface area contributed by atoms with Crippen LogP contribution in [0, 0.1) is 5.82 Å². The Morgan fingerprint density at radius 1 is 1.00 bits per heavy atom. The minimum Gasteiger partial charge on any atom is -0.497 e. The van der Waals surface area contributed by atoms with Crippen molar-refractivity contribution in [3.05, 3.63) is 88.2 Å². The molecule has 8 nitrogen and oxygen atoms in total. The third-order valence-electron chi connectivity index (χ3n) is 5.79. The molecule has 3 aromatic rings. The normalized spacial score (nSPS) is 11.9. The Balaban J connectivity index is 2.03. The highest BCUT2D eigenvalue weighted by atomic mass is 35.5. The molecule has 3 aromatic carbocycles. The third kappa shape index (κ3) is 6.75. The fourth-order valence-electron chi connectivity index (χ4n) is 3.64. The van der Waals surface area contributed by atoms with E-state index in [0.717, 1.165) is 16.4 Å².